The van der Waals surface area contributed by atoms with Crippen LogP contribution < -0.4 is 4.90 Å². The van der Waals surface area contributed by atoms with E-state index in [1.165, 1.54) is 6.07 Å². The van der Waals surface area contributed by atoms with E-state index in [-0.39, 0.29) is 5.82 Å². The number of nitrogens with zero attached hydrogens (tertiary/aromatic N) is 3. The normalized spacial score (nSPS) is 15.5. The summed E-state index contributed by atoms with van der Waals surface area (Å²) in [5, 5.41) is 0. The lowest BCUT2D eigenvalue weighted by molar-refractivity contribution is 0.247. The third-order valence-electron chi connectivity index (χ3n) is 4.64. The summed E-state index contributed by atoms with van der Waals surface area (Å²) in [6.07, 6.45) is 1.91. The van der Waals surface area contributed by atoms with Gasteiger partial charge in [-0.05, 0) is 12.1 Å². The lowest BCUT2D eigenvalue weighted by Crippen LogP contribution is -2.46. The first-order valence-electron chi connectivity index (χ1n) is 8.61. The summed E-state index contributed by atoms with van der Waals surface area (Å²) in [5.41, 5.74) is 2.91. The minimum atomic E-state index is -0.142. The van der Waals surface area contributed by atoms with Crippen molar-refractivity contribution in [3.8, 4) is 11.4 Å². The van der Waals surface area contributed by atoms with Crippen molar-refractivity contribution in [3.63, 3.8) is 0 Å². The van der Waals surface area contributed by atoms with E-state index >= 15 is 0 Å². The smallest absolute Gasteiger partial charge is 0.146 e. The Morgan fingerprint density at radius 1 is 0.920 bits per heavy atom. The van der Waals surface area contributed by atoms with Crippen molar-refractivity contribution in [3.05, 3.63) is 72.3 Å². The molecule has 2 heterocycles. The molecule has 128 valence electrons. The summed E-state index contributed by atoms with van der Waals surface area (Å²) in [7, 11) is 0. The van der Waals surface area contributed by atoms with Gasteiger partial charge in [0.15, 0.2) is 0 Å². The molecule has 0 saturated carbocycles. The molecule has 1 aliphatic heterocycles. The van der Waals surface area contributed by atoms with Crippen LogP contribution in [0.2, 0.25) is 0 Å². The van der Waals surface area contributed by atoms with Crippen LogP contribution in [0, 0.1) is 5.82 Å². The molecule has 1 aliphatic rings. The van der Waals surface area contributed by atoms with E-state index in [2.05, 4.69) is 31.9 Å². The van der Waals surface area contributed by atoms with Gasteiger partial charge in [0.1, 0.15) is 11.6 Å². The molecule has 4 nitrogen and oxygen atoms in total. The fourth-order valence-corrected chi connectivity index (χ4v) is 3.28. The van der Waals surface area contributed by atoms with Crippen molar-refractivity contribution in [2.75, 3.05) is 31.1 Å². The maximum Gasteiger partial charge on any atom is 0.146 e. The Balaban J connectivity index is 1.36. The number of para-hydroxylation sites is 1. The Hall–Kier alpha value is -2.66. The van der Waals surface area contributed by atoms with Crippen molar-refractivity contribution in [1.82, 2.24) is 14.9 Å². The SMILES string of the molecule is Fc1ccccc1N1CCN(Cc2cnc(-c3ccccc3)[nH]2)CC1. The van der Waals surface area contributed by atoms with Crippen molar-refractivity contribution in [1.29, 1.82) is 0 Å². The second-order valence-electron chi connectivity index (χ2n) is 6.34. The predicted molar refractivity (Wildman–Crippen MR) is 97.9 cm³/mol. The number of aromatic nitrogens is 2. The highest BCUT2D eigenvalue weighted by molar-refractivity contribution is 5.54. The number of hydrogen-bond acceptors (Lipinski definition) is 3. The first kappa shape index (κ1) is 15.8. The molecule has 1 saturated heterocycles. The minimum absolute atomic E-state index is 0.142. The second-order valence-corrected chi connectivity index (χ2v) is 6.34. The molecule has 25 heavy (non-hydrogen) atoms. The zero-order valence-corrected chi connectivity index (χ0v) is 14.0. The van der Waals surface area contributed by atoms with Crippen LogP contribution in [0.4, 0.5) is 10.1 Å². The minimum Gasteiger partial charge on any atom is -0.367 e. The number of halogens is 1. The van der Waals surface area contributed by atoms with E-state index in [0.29, 0.717) is 5.69 Å². The van der Waals surface area contributed by atoms with Gasteiger partial charge in [-0.15, -0.1) is 0 Å². The van der Waals surface area contributed by atoms with Crippen LogP contribution >= 0.6 is 0 Å². The Labute approximate surface area is 146 Å². The van der Waals surface area contributed by atoms with Gasteiger partial charge in [-0.1, -0.05) is 42.5 Å². The zero-order valence-electron chi connectivity index (χ0n) is 14.0. The van der Waals surface area contributed by atoms with Gasteiger partial charge < -0.3 is 9.88 Å². The van der Waals surface area contributed by atoms with E-state index in [1.807, 2.05) is 36.5 Å². The number of hydrogen-bond donors (Lipinski definition) is 1. The largest absolute Gasteiger partial charge is 0.367 e. The van der Waals surface area contributed by atoms with E-state index in [9.17, 15) is 4.39 Å². The second kappa shape index (κ2) is 7.07. The highest BCUT2D eigenvalue weighted by Gasteiger charge is 2.19. The number of rotatable bonds is 4. The lowest BCUT2D eigenvalue weighted by atomic mass is 10.2. The maximum atomic E-state index is 13.9. The summed E-state index contributed by atoms with van der Waals surface area (Å²) in [5.74, 6) is 0.762. The van der Waals surface area contributed by atoms with Gasteiger partial charge in [-0.3, -0.25) is 4.90 Å². The van der Waals surface area contributed by atoms with Gasteiger partial charge in [0.25, 0.3) is 0 Å². The van der Waals surface area contributed by atoms with Gasteiger partial charge in [0.2, 0.25) is 0 Å². The van der Waals surface area contributed by atoms with Crippen LogP contribution in [-0.2, 0) is 6.54 Å². The third-order valence-corrected chi connectivity index (χ3v) is 4.64. The first-order valence-corrected chi connectivity index (χ1v) is 8.61. The van der Waals surface area contributed by atoms with E-state index in [1.54, 1.807) is 6.07 Å². The van der Waals surface area contributed by atoms with Gasteiger partial charge in [-0.2, -0.15) is 0 Å². The van der Waals surface area contributed by atoms with Crippen molar-refractivity contribution >= 4 is 5.69 Å². The van der Waals surface area contributed by atoms with Crippen LogP contribution in [0.5, 0.6) is 0 Å². The van der Waals surface area contributed by atoms with Gasteiger partial charge in [0.05, 0.1) is 5.69 Å². The monoisotopic (exact) mass is 336 g/mol. The Bertz CT molecular complexity index is 822. The molecule has 2 aromatic carbocycles. The van der Waals surface area contributed by atoms with Crippen LogP contribution in [0.1, 0.15) is 5.69 Å². The van der Waals surface area contributed by atoms with Crippen LogP contribution in [0.15, 0.2) is 60.8 Å². The number of H-pyrrole nitrogens is 1. The molecule has 0 atom stereocenters. The Morgan fingerprint density at radius 3 is 2.40 bits per heavy atom. The van der Waals surface area contributed by atoms with Crippen molar-refractivity contribution in [2.45, 2.75) is 6.54 Å². The summed E-state index contributed by atoms with van der Waals surface area (Å²) < 4.78 is 13.9. The third kappa shape index (κ3) is 3.56. The van der Waals surface area contributed by atoms with E-state index < -0.39 is 0 Å². The highest BCUT2D eigenvalue weighted by Crippen LogP contribution is 2.21. The molecular weight excluding hydrogens is 315 g/mol. The lowest BCUT2D eigenvalue weighted by Gasteiger charge is -2.35. The molecule has 0 aliphatic carbocycles. The van der Waals surface area contributed by atoms with E-state index in [4.69, 9.17) is 0 Å². The molecule has 5 heteroatoms. The molecule has 0 unspecified atom stereocenters. The number of imidazole rings is 1. The summed E-state index contributed by atoms with van der Waals surface area (Å²) in [6, 6.07) is 17.1. The molecule has 0 radical (unpaired) electrons. The van der Waals surface area contributed by atoms with E-state index in [0.717, 1.165) is 49.8 Å². The summed E-state index contributed by atoms with van der Waals surface area (Å²) in [6.45, 7) is 4.33. The zero-order chi connectivity index (χ0) is 17.1. The molecular formula is C20H21FN4. The Kier molecular flexibility index (Phi) is 4.48. The van der Waals surface area contributed by atoms with Gasteiger partial charge >= 0.3 is 0 Å². The molecule has 1 aromatic heterocycles. The first-order chi connectivity index (χ1) is 12.3. The van der Waals surface area contributed by atoms with Gasteiger partial charge in [-0.25, -0.2) is 9.37 Å². The van der Waals surface area contributed by atoms with Crippen LogP contribution in [0.3, 0.4) is 0 Å². The standard InChI is InChI=1S/C20H21FN4/c21-18-8-4-5-9-19(18)25-12-10-24(11-13-25)15-17-14-22-20(23-17)16-6-2-1-3-7-16/h1-9,14H,10-13,15H2,(H,22,23). The summed E-state index contributed by atoms with van der Waals surface area (Å²) >= 11 is 0. The number of piperazine rings is 1. The molecule has 3 aromatic rings. The predicted octanol–water partition coefficient (Wildman–Crippen LogP) is 3.54. The average molecular weight is 336 g/mol. The highest BCUT2D eigenvalue weighted by atomic mass is 19.1. The fraction of sp³-hybridized carbons (Fsp3) is 0.250. The topological polar surface area (TPSA) is 35.2 Å². The molecule has 1 N–H and O–H groups in total. The number of nitrogens with one attached hydrogen (secondary N) is 1. The quantitative estimate of drug-likeness (QED) is 0.791. The number of benzene rings is 2. The molecule has 1 fully saturated rings. The van der Waals surface area contributed by atoms with Crippen molar-refractivity contribution in [2.24, 2.45) is 0 Å². The van der Waals surface area contributed by atoms with Gasteiger partial charge in [0, 0.05) is 50.2 Å². The van der Waals surface area contributed by atoms with Crippen LogP contribution in [-0.4, -0.2) is 41.0 Å². The Morgan fingerprint density at radius 2 is 1.64 bits per heavy atom. The molecule has 0 spiro atoms. The number of aromatic amines is 1. The average Bonchev–Trinajstić information content (AvgIpc) is 3.12. The maximum absolute atomic E-state index is 13.9. The fourth-order valence-electron chi connectivity index (χ4n) is 3.28. The summed E-state index contributed by atoms with van der Waals surface area (Å²) in [4.78, 5) is 12.4. The number of anilines is 1. The molecule has 0 bridgehead atoms. The molecule has 4 rings (SSSR count). The van der Waals surface area contributed by atoms with Crippen LogP contribution in [0.25, 0.3) is 11.4 Å². The molecule has 0 amide bonds. The van der Waals surface area contributed by atoms with Crippen molar-refractivity contribution < 1.29 is 4.39 Å².